The van der Waals surface area contributed by atoms with Crippen LogP contribution < -0.4 is 5.14 Å². The number of benzene rings is 1. The van der Waals surface area contributed by atoms with Gasteiger partial charge < -0.3 is 4.74 Å². The first-order valence-electron chi connectivity index (χ1n) is 6.81. The smallest absolute Gasteiger partial charge is 0.339 e. The number of nitrogens with zero attached hydrogens (tertiary/aromatic N) is 2. The lowest BCUT2D eigenvalue weighted by molar-refractivity contribution is 0.0473. The SMILES string of the molecule is NS(=O)(=O)c1cc(C(=O)OCc2ccc(-n3cccn3)cc2)cs1. The third-order valence-electron chi connectivity index (χ3n) is 3.17. The molecule has 0 aliphatic heterocycles. The fourth-order valence-electron chi connectivity index (χ4n) is 1.97. The third-order valence-corrected chi connectivity index (χ3v) is 5.55. The summed E-state index contributed by atoms with van der Waals surface area (Å²) in [7, 11) is -3.81. The zero-order valence-corrected chi connectivity index (χ0v) is 14.0. The van der Waals surface area contributed by atoms with Crippen LogP contribution >= 0.6 is 11.3 Å². The molecular formula is C15H13N3O4S2. The fraction of sp³-hybridized carbons (Fsp3) is 0.0667. The number of rotatable bonds is 5. The predicted molar refractivity (Wildman–Crippen MR) is 88.4 cm³/mol. The van der Waals surface area contributed by atoms with Crippen molar-refractivity contribution in [2.24, 2.45) is 5.14 Å². The van der Waals surface area contributed by atoms with E-state index in [1.54, 1.807) is 10.9 Å². The van der Waals surface area contributed by atoms with Crippen molar-refractivity contribution in [3.63, 3.8) is 0 Å². The summed E-state index contributed by atoms with van der Waals surface area (Å²) >= 11 is 0.883. The highest BCUT2D eigenvalue weighted by atomic mass is 32.2. The number of thiophene rings is 1. The standard InChI is InChI=1S/C15H13N3O4S2/c16-24(20,21)14-8-12(10-23-14)15(19)22-9-11-2-4-13(5-3-11)18-7-1-6-17-18/h1-8,10H,9H2,(H2,16,20,21). The van der Waals surface area contributed by atoms with Gasteiger partial charge in [-0.25, -0.2) is 23.0 Å². The lowest BCUT2D eigenvalue weighted by atomic mass is 10.2. The summed E-state index contributed by atoms with van der Waals surface area (Å²) in [6.07, 6.45) is 3.51. The Morgan fingerprint density at radius 3 is 2.62 bits per heavy atom. The Kier molecular flexibility index (Phi) is 4.47. The molecule has 0 fully saturated rings. The zero-order valence-electron chi connectivity index (χ0n) is 12.3. The largest absolute Gasteiger partial charge is 0.457 e. The third kappa shape index (κ3) is 3.70. The van der Waals surface area contributed by atoms with Gasteiger partial charge in [0.1, 0.15) is 10.8 Å². The van der Waals surface area contributed by atoms with Gasteiger partial charge in [-0.3, -0.25) is 0 Å². The number of nitrogens with two attached hydrogens (primary N) is 1. The second kappa shape index (κ2) is 6.56. The number of hydrogen-bond acceptors (Lipinski definition) is 6. The van der Waals surface area contributed by atoms with Crippen molar-refractivity contribution >= 4 is 27.3 Å². The summed E-state index contributed by atoms with van der Waals surface area (Å²) in [5, 5.41) is 10.5. The van der Waals surface area contributed by atoms with E-state index < -0.39 is 16.0 Å². The first kappa shape index (κ1) is 16.4. The maximum Gasteiger partial charge on any atom is 0.339 e. The minimum absolute atomic E-state index is 0.0713. The van der Waals surface area contributed by atoms with Gasteiger partial charge in [0.05, 0.1) is 11.3 Å². The van der Waals surface area contributed by atoms with E-state index in [0.717, 1.165) is 22.6 Å². The van der Waals surface area contributed by atoms with Crippen molar-refractivity contribution in [3.8, 4) is 5.69 Å². The minimum Gasteiger partial charge on any atom is -0.457 e. The molecule has 3 rings (SSSR count). The Labute approximate surface area is 142 Å². The highest BCUT2D eigenvalue weighted by Crippen LogP contribution is 2.20. The van der Waals surface area contributed by atoms with Gasteiger partial charge >= 0.3 is 5.97 Å². The molecule has 9 heteroatoms. The lowest BCUT2D eigenvalue weighted by Gasteiger charge is -2.05. The molecule has 2 aromatic heterocycles. The molecule has 0 radical (unpaired) electrons. The fourth-order valence-corrected chi connectivity index (χ4v) is 3.55. The number of primary sulfonamides is 1. The molecule has 0 saturated heterocycles. The van der Waals surface area contributed by atoms with Crippen LogP contribution in [0.1, 0.15) is 15.9 Å². The van der Waals surface area contributed by atoms with E-state index in [1.807, 2.05) is 36.5 Å². The predicted octanol–water partition coefficient (Wildman–Crippen LogP) is 1.94. The second-order valence-electron chi connectivity index (χ2n) is 4.89. The zero-order chi connectivity index (χ0) is 17.2. The number of hydrogen-bond donors (Lipinski definition) is 1. The molecule has 24 heavy (non-hydrogen) atoms. The average molecular weight is 363 g/mol. The summed E-state index contributed by atoms with van der Waals surface area (Å²) < 4.78 is 29.2. The Morgan fingerprint density at radius 2 is 2.04 bits per heavy atom. The van der Waals surface area contributed by atoms with Crippen molar-refractivity contribution in [3.05, 3.63) is 65.3 Å². The summed E-state index contributed by atoms with van der Waals surface area (Å²) in [5.41, 5.74) is 1.86. The van der Waals surface area contributed by atoms with E-state index in [9.17, 15) is 13.2 Å². The van der Waals surface area contributed by atoms with Gasteiger partial charge in [-0.2, -0.15) is 5.10 Å². The van der Waals surface area contributed by atoms with Crippen molar-refractivity contribution in [1.82, 2.24) is 9.78 Å². The van der Waals surface area contributed by atoms with Crippen molar-refractivity contribution in [2.45, 2.75) is 10.8 Å². The van der Waals surface area contributed by atoms with Gasteiger partial charge in [0.25, 0.3) is 0 Å². The number of carbonyl (C=O) groups excluding carboxylic acids is 1. The normalized spacial score (nSPS) is 11.4. The van der Waals surface area contributed by atoms with Crippen LogP contribution in [0.4, 0.5) is 0 Å². The van der Waals surface area contributed by atoms with Crippen LogP contribution in [0.15, 0.2) is 58.4 Å². The topological polar surface area (TPSA) is 104 Å². The molecule has 2 heterocycles. The quantitative estimate of drug-likeness (QED) is 0.698. The number of esters is 1. The minimum atomic E-state index is -3.81. The molecule has 1 aromatic carbocycles. The van der Waals surface area contributed by atoms with Crippen LogP contribution in [-0.4, -0.2) is 24.2 Å². The van der Waals surface area contributed by atoms with E-state index in [2.05, 4.69) is 5.10 Å². The average Bonchev–Trinajstić information content (AvgIpc) is 3.23. The molecule has 0 bridgehead atoms. The number of carbonyl (C=O) groups is 1. The molecule has 7 nitrogen and oxygen atoms in total. The highest BCUT2D eigenvalue weighted by molar-refractivity contribution is 7.91. The molecule has 2 N–H and O–H groups in total. The number of aromatic nitrogens is 2. The summed E-state index contributed by atoms with van der Waals surface area (Å²) in [6.45, 7) is 0.0821. The highest BCUT2D eigenvalue weighted by Gasteiger charge is 2.16. The Balaban J connectivity index is 1.63. The van der Waals surface area contributed by atoms with E-state index in [0.29, 0.717) is 0 Å². The van der Waals surface area contributed by atoms with Gasteiger partial charge in [-0.15, -0.1) is 11.3 Å². The van der Waals surface area contributed by atoms with Gasteiger partial charge in [-0.1, -0.05) is 12.1 Å². The van der Waals surface area contributed by atoms with E-state index in [-0.39, 0.29) is 16.4 Å². The summed E-state index contributed by atoms with van der Waals surface area (Å²) in [5.74, 6) is -0.600. The molecule has 0 atom stereocenters. The van der Waals surface area contributed by atoms with Gasteiger partial charge in [0.15, 0.2) is 0 Å². The monoisotopic (exact) mass is 363 g/mol. The second-order valence-corrected chi connectivity index (χ2v) is 7.59. The van der Waals surface area contributed by atoms with E-state index >= 15 is 0 Å². The van der Waals surface area contributed by atoms with Crippen molar-refractivity contribution < 1.29 is 17.9 Å². The van der Waals surface area contributed by atoms with Crippen LogP contribution in [0.2, 0.25) is 0 Å². The molecule has 3 aromatic rings. The number of ether oxygens (including phenoxy) is 1. The molecule has 0 aliphatic carbocycles. The molecule has 0 spiro atoms. The van der Waals surface area contributed by atoms with Crippen molar-refractivity contribution in [1.29, 1.82) is 0 Å². The van der Waals surface area contributed by atoms with Crippen LogP contribution in [0.25, 0.3) is 5.69 Å². The van der Waals surface area contributed by atoms with E-state index in [1.165, 1.54) is 11.4 Å². The van der Waals surface area contributed by atoms with Crippen LogP contribution in [-0.2, 0) is 21.4 Å². The van der Waals surface area contributed by atoms with Gasteiger partial charge in [0, 0.05) is 17.8 Å². The first-order chi connectivity index (χ1) is 11.4. The molecule has 124 valence electrons. The Morgan fingerprint density at radius 1 is 1.29 bits per heavy atom. The van der Waals surface area contributed by atoms with E-state index in [4.69, 9.17) is 9.88 Å². The number of sulfonamides is 1. The van der Waals surface area contributed by atoms with Gasteiger partial charge in [-0.05, 0) is 29.8 Å². The van der Waals surface area contributed by atoms with Crippen LogP contribution in [0.5, 0.6) is 0 Å². The molecule has 0 saturated carbocycles. The van der Waals surface area contributed by atoms with Crippen LogP contribution in [0, 0.1) is 0 Å². The molecule has 0 amide bonds. The molecule has 0 unspecified atom stereocenters. The summed E-state index contributed by atoms with van der Waals surface area (Å²) in [6, 6.07) is 10.4. The first-order valence-corrected chi connectivity index (χ1v) is 9.23. The van der Waals surface area contributed by atoms with Crippen molar-refractivity contribution in [2.75, 3.05) is 0 Å². The molecule has 0 aliphatic rings. The Bertz CT molecular complexity index is 945. The Hall–Kier alpha value is -2.49. The maximum atomic E-state index is 11.9. The van der Waals surface area contributed by atoms with Crippen LogP contribution in [0.3, 0.4) is 0 Å². The lowest BCUT2D eigenvalue weighted by Crippen LogP contribution is -2.10. The van der Waals surface area contributed by atoms with Gasteiger partial charge in [0.2, 0.25) is 10.0 Å². The molecular weight excluding hydrogens is 350 g/mol. The maximum absolute atomic E-state index is 11.9. The summed E-state index contributed by atoms with van der Waals surface area (Å²) in [4.78, 5) is 11.9.